The van der Waals surface area contributed by atoms with Crippen LogP contribution >= 0.6 is 0 Å². The van der Waals surface area contributed by atoms with E-state index in [0.717, 1.165) is 45.6 Å². The monoisotopic (exact) mass is 274 g/mol. The molecule has 2 aliphatic heterocycles. The summed E-state index contributed by atoms with van der Waals surface area (Å²) in [6.07, 6.45) is 1.98. The predicted molar refractivity (Wildman–Crippen MR) is 77.4 cm³/mol. The van der Waals surface area contributed by atoms with E-state index in [-0.39, 0.29) is 11.8 Å². The lowest BCUT2D eigenvalue weighted by atomic mass is 10.00. The highest BCUT2D eigenvalue weighted by molar-refractivity contribution is 5.78. The molecule has 1 fully saturated rings. The Kier molecular flexibility index (Phi) is 4.33. The van der Waals surface area contributed by atoms with Crippen LogP contribution in [-0.2, 0) is 22.5 Å². The van der Waals surface area contributed by atoms with Gasteiger partial charge in [0.05, 0.1) is 12.5 Å². The van der Waals surface area contributed by atoms with Crippen LogP contribution in [0.5, 0.6) is 0 Å². The minimum absolute atomic E-state index is 0.0667. The zero-order chi connectivity index (χ0) is 13.8. The van der Waals surface area contributed by atoms with E-state index in [9.17, 15) is 4.79 Å². The second-order valence-electron chi connectivity index (χ2n) is 5.65. The van der Waals surface area contributed by atoms with E-state index in [1.165, 1.54) is 11.1 Å². The van der Waals surface area contributed by atoms with Crippen molar-refractivity contribution in [2.45, 2.75) is 19.4 Å². The number of hydrogen-bond donors (Lipinski definition) is 1. The molecule has 1 aromatic carbocycles. The number of nitrogens with zero attached hydrogens (tertiary/aromatic N) is 1. The third-order valence-corrected chi connectivity index (χ3v) is 4.24. The van der Waals surface area contributed by atoms with Crippen molar-refractivity contribution in [3.8, 4) is 0 Å². The molecule has 0 saturated carbocycles. The van der Waals surface area contributed by atoms with Crippen molar-refractivity contribution < 1.29 is 9.53 Å². The fourth-order valence-corrected chi connectivity index (χ4v) is 2.97. The van der Waals surface area contributed by atoms with Crippen LogP contribution in [0.1, 0.15) is 17.5 Å². The van der Waals surface area contributed by atoms with Gasteiger partial charge in [-0.05, 0) is 24.0 Å². The van der Waals surface area contributed by atoms with Gasteiger partial charge in [-0.1, -0.05) is 24.3 Å². The smallest absolute Gasteiger partial charge is 0.225 e. The highest BCUT2D eigenvalue weighted by Crippen LogP contribution is 2.18. The number of hydrogen-bond acceptors (Lipinski definition) is 3. The lowest BCUT2D eigenvalue weighted by molar-refractivity contribution is -0.125. The SMILES string of the molecule is O=C(NCCN1CCc2ccccc2C1)[C@@H]1CCOC1. The quantitative estimate of drug-likeness (QED) is 0.897. The van der Waals surface area contributed by atoms with Gasteiger partial charge in [0.25, 0.3) is 0 Å². The summed E-state index contributed by atoms with van der Waals surface area (Å²) >= 11 is 0. The molecule has 20 heavy (non-hydrogen) atoms. The number of carbonyl (C=O) groups excluding carboxylic acids is 1. The van der Waals surface area contributed by atoms with E-state index in [0.29, 0.717) is 6.61 Å². The molecule has 0 spiro atoms. The minimum atomic E-state index is 0.0667. The van der Waals surface area contributed by atoms with Gasteiger partial charge in [-0.15, -0.1) is 0 Å². The van der Waals surface area contributed by atoms with Gasteiger partial charge in [-0.3, -0.25) is 9.69 Å². The van der Waals surface area contributed by atoms with Crippen molar-refractivity contribution in [3.05, 3.63) is 35.4 Å². The van der Waals surface area contributed by atoms with Crippen molar-refractivity contribution in [3.63, 3.8) is 0 Å². The molecule has 4 nitrogen and oxygen atoms in total. The van der Waals surface area contributed by atoms with Crippen LogP contribution in [0, 0.1) is 5.92 Å². The first-order valence-corrected chi connectivity index (χ1v) is 7.47. The molecule has 1 amide bonds. The van der Waals surface area contributed by atoms with Crippen LogP contribution in [0.25, 0.3) is 0 Å². The first kappa shape index (κ1) is 13.6. The van der Waals surface area contributed by atoms with E-state index in [1.807, 2.05) is 0 Å². The molecule has 1 saturated heterocycles. The largest absolute Gasteiger partial charge is 0.381 e. The van der Waals surface area contributed by atoms with Crippen LogP contribution in [0.15, 0.2) is 24.3 Å². The Morgan fingerprint density at radius 2 is 2.20 bits per heavy atom. The lowest BCUT2D eigenvalue weighted by Gasteiger charge is -2.28. The van der Waals surface area contributed by atoms with Gasteiger partial charge in [-0.2, -0.15) is 0 Å². The van der Waals surface area contributed by atoms with Gasteiger partial charge in [0.15, 0.2) is 0 Å². The molecule has 108 valence electrons. The summed E-state index contributed by atoms with van der Waals surface area (Å²) in [5.41, 5.74) is 2.89. The molecule has 1 atom stereocenters. The molecular weight excluding hydrogens is 252 g/mol. The van der Waals surface area contributed by atoms with E-state index < -0.39 is 0 Å². The zero-order valence-corrected chi connectivity index (χ0v) is 11.8. The summed E-state index contributed by atoms with van der Waals surface area (Å²) in [5, 5.41) is 3.04. The Labute approximate surface area is 120 Å². The Balaban J connectivity index is 1.42. The summed E-state index contributed by atoms with van der Waals surface area (Å²) in [4.78, 5) is 14.3. The van der Waals surface area contributed by atoms with E-state index in [2.05, 4.69) is 34.5 Å². The molecule has 0 aromatic heterocycles. The molecular formula is C16H22N2O2. The van der Waals surface area contributed by atoms with Gasteiger partial charge >= 0.3 is 0 Å². The average Bonchev–Trinajstić information content (AvgIpc) is 3.01. The highest BCUT2D eigenvalue weighted by Gasteiger charge is 2.23. The molecule has 4 heteroatoms. The van der Waals surface area contributed by atoms with Gasteiger partial charge in [0.1, 0.15) is 0 Å². The standard InChI is InChI=1S/C16H22N2O2/c19-16(15-6-10-20-12-15)17-7-9-18-8-5-13-3-1-2-4-14(13)11-18/h1-4,15H,5-12H2,(H,17,19)/t15-/m1/s1. The first-order chi connectivity index (χ1) is 9.83. The third kappa shape index (κ3) is 3.19. The van der Waals surface area contributed by atoms with Gasteiger partial charge < -0.3 is 10.1 Å². The molecule has 1 N–H and O–H groups in total. The van der Waals surface area contributed by atoms with Crippen LogP contribution < -0.4 is 5.32 Å². The highest BCUT2D eigenvalue weighted by atomic mass is 16.5. The van der Waals surface area contributed by atoms with Crippen molar-refractivity contribution in [2.75, 3.05) is 32.8 Å². The summed E-state index contributed by atoms with van der Waals surface area (Å²) in [6, 6.07) is 8.63. The van der Waals surface area contributed by atoms with E-state index >= 15 is 0 Å². The lowest BCUT2D eigenvalue weighted by Crippen LogP contribution is -2.39. The van der Waals surface area contributed by atoms with Gasteiger partial charge in [-0.25, -0.2) is 0 Å². The number of nitrogens with one attached hydrogen (secondary N) is 1. The van der Waals surface area contributed by atoms with Crippen LogP contribution in [0.3, 0.4) is 0 Å². The fourth-order valence-electron chi connectivity index (χ4n) is 2.97. The maximum absolute atomic E-state index is 11.9. The van der Waals surface area contributed by atoms with Crippen LogP contribution in [-0.4, -0.2) is 43.7 Å². The van der Waals surface area contributed by atoms with Crippen molar-refractivity contribution >= 4 is 5.91 Å². The molecule has 0 bridgehead atoms. The van der Waals surface area contributed by atoms with E-state index in [4.69, 9.17) is 4.74 Å². The number of carbonyl (C=O) groups is 1. The number of amides is 1. The average molecular weight is 274 g/mol. The molecule has 0 aliphatic carbocycles. The van der Waals surface area contributed by atoms with Gasteiger partial charge in [0, 0.05) is 32.8 Å². The van der Waals surface area contributed by atoms with Crippen LogP contribution in [0.2, 0.25) is 0 Å². The number of fused-ring (bicyclic) bond motifs is 1. The zero-order valence-electron chi connectivity index (χ0n) is 11.8. The second kappa shape index (κ2) is 6.37. The Morgan fingerprint density at radius 3 is 3.00 bits per heavy atom. The number of rotatable bonds is 4. The topological polar surface area (TPSA) is 41.6 Å². The second-order valence-corrected chi connectivity index (χ2v) is 5.65. The summed E-state index contributed by atoms with van der Waals surface area (Å²) < 4.78 is 5.24. The Hall–Kier alpha value is -1.39. The molecule has 0 radical (unpaired) electrons. The van der Waals surface area contributed by atoms with E-state index in [1.54, 1.807) is 0 Å². The van der Waals surface area contributed by atoms with Crippen molar-refractivity contribution in [1.82, 2.24) is 10.2 Å². The summed E-state index contributed by atoms with van der Waals surface area (Å²) in [7, 11) is 0. The van der Waals surface area contributed by atoms with Gasteiger partial charge in [0.2, 0.25) is 5.91 Å². The molecule has 2 aliphatic rings. The van der Waals surface area contributed by atoms with Crippen molar-refractivity contribution in [2.24, 2.45) is 5.92 Å². The normalized spacial score (nSPS) is 22.5. The first-order valence-electron chi connectivity index (χ1n) is 7.47. The van der Waals surface area contributed by atoms with Crippen molar-refractivity contribution in [1.29, 1.82) is 0 Å². The fraction of sp³-hybridized carbons (Fsp3) is 0.562. The molecule has 1 aromatic rings. The van der Waals surface area contributed by atoms with Crippen LogP contribution in [0.4, 0.5) is 0 Å². The third-order valence-electron chi connectivity index (χ3n) is 4.24. The maximum atomic E-state index is 11.9. The number of ether oxygens (including phenoxy) is 1. The summed E-state index contributed by atoms with van der Waals surface area (Å²) in [6.45, 7) is 5.05. The molecule has 0 unspecified atom stereocenters. The predicted octanol–water partition coefficient (Wildman–Crippen LogP) is 1.20. The Bertz CT molecular complexity index is 469. The molecule has 3 rings (SSSR count). The Morgan fingerprint density at radius 1 is 1.35 bits per heavy atom. The number of benzene rings is 1. The minimum Gasteiger partial charge on any atom is -0.381 e. The molecule has 2 heterocycles. The maximum Gasteiger partial charge on any atom is 0.225 e. The summed E-state index contributed by atoms with van der Waals surface area (Å²) in [5.74, 6) is 0.219.